The first-order chi connectivity index (χ1) is 20.5. The quantitative estimate of drug-likeness (QED) is 0.237. The molecule has 4 nitrogen and oxygen atoms in total. The summed E-state index contributed by atoms with van der Waals surface area (Å²) >= 11 is 13.8. The van der Waals surface area contributed by atoms with Crippen molar-refractivity contribution in [2.24, 2.45) is 4.99 Å². The van der Waals surface area contributed by atoms with Crippen molar-refractivity contribution in [3.05, 3.63) is 147 Å². The fourth-order valence-electron chi connectivity index (χ4n) is 5.38. The summed E-state index contributed by atoms with van der Waals surface area (Å²) in [4.78, 5) is 20.7. The number of nitrogens with one attached hydrogen (secondary N) is 1. The lowest BCUT2D eigenvalue weighted by Crippen LogP contribution is -2.33. The Balaban J connectivity index is 1.31. The van der Waals surface area contributed by atoms with Crippen LogP contribution in [-0.4, -0.2) is 16.8 Å². The molecule has 4 aromatic carbocycles. The number of carbonyl (C=O) groups excluding carboxylic acids is 1. The van der Waals surface area contributed by atoms with Gasteiger partial charge in [-0.3, -0.25) is 9.69 Å². The third kappa shape index (κ3) is 6.49. The van der Waals surface area contributed by atoms with Crippen molar-refractivity contribution in [3.8, 4) is 0 Å². The second kappa shape index (κ2) is 13.0. The Bertz CT molecular complexity index is 1610. The van der Waals surface area contributed by atoms with Crippen LogP contribution in [0.4, 0.5) is 11.4 Å². The van der Waals surface area contributed by atoms with Gasteiger partial charge in [0, 0.05) is 27.1 Å². The Kier molecular flexibility index (Phi) is 8.80. The van der Waals surface area contributed by atoms with Gasteiger partial charge in [0.2, 0.25) is 5.91 Å². The molecule has 42 heavy (non-hydrogen) atoms. The van der Waals surface area contributed by atoms with Crippen LogP contribution in [0.2, 0.25) is 10.0 Å². The van der Waals surface area contributed by atoms with Crippen molar-refractivity contribution >= 4 is 63.5 Å². The zero-order chi connectivity index (χ0) is 28.9. The predicted octanol–water partition coefficient (Wildman–Crippen LogP) is 9.61. The number of aliphatic imine (C=N–C) groups is 1. The van der Waals surface area contributed by atoms with Gasteiger partial charge in [-0.25, -0.2) is 4.99 Å². The Hall–Kier alpha value is -3.77. The summed E-state index contributed by atoms with van der Waals surface area (Å²) < 4.78 is 0. The van der Waals surface area contributed by atoms with Crippen LogP contribution in [0.5, 0.6) is 0 Å². The monoisotopic (exact) mass is 609 g/mol. The van der Waals surface area contributed by atoms with Crippen LogP contribution < -0.4 is 10.2 Å². The molecule has 210 valence electrons. The number of anilines is 2. The number of benzene rings is 4. The molecule has 4 aromatic rings. The number of amidine groups is 1. The first kappa shape index (κ1) is 28.4. The van der Waals surface area contributed by atoms with Gasteiger partial charge in [0.15, 0.2) is 5.17 Å². The van der Waals surface area contributed by atoms with E-state index in [1.807, 2.05) is 109 Å². The van der Waals surface area contributed by atoms with E-state index in [1.165, 1.54) is 22.9 Å². The van der Waals surface area contributed by atoms with Gasteiger partial charge in [0.05, 0.1) is 5.75 Å². The van der Waals surface area contributed by atoms with Crippen LogP contribution in [0.1, 0.15) is 36.4 Å². The van der Waals surface area contributed by atoms with E-state index >= 15 is 0 Å². The minimum absolute atomic E-state index is 0.0229. The first-order valence-corrected chi connectivity index (χ1v) is 15.6. The number of carbonyl (C=O) groups is 1. The molecule has 1 aliphatic carbocycles. The molecule has 0 fully saturated rings. The van der Waals surface area contributed by atoms with Gasteiger partial charge in [0.25, 0.3) is 0 Å². The van der Waals surface area contributed by atoms with Crippen molar-refractivity contribution in [1.29, 1.82) is 0 Å². The number of nitrogens with zero attached hydrogens (tertiary/aromatic N) is 2. The molecule has 1 aliphatic heterocycles. The number of allylic oxidation sites excluding steroid dienone is 1. The van der Waals surface area contributed by atoms with Crippen molar-refractivity contribution in [1.82, 2.24) is 5.32 Å². The fourth-order valence-corrected chi connectivity index (χ4v) is 6.37. The second-order valence-corrected chi connectivity index (χ2v) is 12.0. The molecule has 0 aromatic heterocycles. The fraction of sp³-hybridized carbons (Fsp3) is 0.143. The Labute approximate surface area is 260 Å². The number of halogens is 2. The molecule has 1 atom stereocenters. The molecule has 0 spiro atoms. The lowest BCUT2D eigenvalue weighted by atomic mass is 9.84. The zero-order valence-corrected chi connectivity index (χ0v) is 25.2. The normalized spacial score (nSPS) is 17.3. The molecule has 1 N–H and O–H groups in total. The van der Waals surface area contributed by atoms with Crippen LogP contribution in [0.3, 0.4) is 0 Å². The second-order valence-electron chi connectivity index (χ2n) is 10.2. The summed E-state index contributed by atoms with van der Waals surface area (Å²) in [5, 5.41) is 5.76. The highest BCUT2D eigenvalue weighted by atomic mass is 35.5. The summed E-state index contributed by atoms with van der Waals surface area (Å²) in [6.45, 7) is 0. The maximum Gasteiger partial charge on any atom is 0.242 e. The van der Waals surface area contributed by atoms with E-state index in [2.05, 4.69) is 11.4 Å². The Morgan fingerprint density at radius 3 is 2.05 bits per heavy atom. The lowest BCUT2D eigenvalue weighted by molar-refractivity contribution is -0.115. The van der Waals surface area contributed by atoms with Gasteiger partial charge in [-0.1, -0.05) is 95.6 Å². The van der Waals surface area contributed by atoms with E-state index in [9.17, 15) is 4.79 Å². The number of thioether (sulfide) groups is 1. The topological polar surface area (TPSA) is 44.7 Å². The molecule has 7 heteroatoms. The van der Waals surface area contributed by atoms with Gasteiger partial charge < -0.3 is 5.32 Å². The van der Waals surface area contributed by atoms with Gasteiger partial charge >= 0.3 is 0 Å². The molecular weight excluding hydrogens is 581 g/mol. The zero-order valence-electron chi connectivity index (χ0n) is 22.8. The summed E-state index contributed by atoms with van der Waals surface area (Å²) in [6, 6.07) is 35.2. The maximum atomic E-state index is 13.8. The SMILES string of the molecule is O=C(CSC1=NC(c2ccc(Cl)cc2)C2=C(N1)/C(=C/c1ccc(Cl)cc1)CCC2)N(c1ccccc1)c1ccccc1. The summed E-state index contributed by atoms with van der Waals surface area (Å²) in [5.74, 6) is 0.201. The van der Waals surface area contributed by atoms with E-state index in [0.29, 0.717) is 5.02 Å². The molecule has 0 radical (unpaired) electrons. The number of hydrogen-bond donors (Lipinski definition) is 1. The third-order valence-corrected chi connectivity index (χ3v) is 8.73. The Morgan fingerprint density at radius 1 is 0.833 bits per heavy atom. The van der Waals surface area contributed by atoms with Crippen molar-refractivity contribution in [2.75, 3.05) is 10.7 Å². The summed E-state index contributed by atoms with van der Waals surface area (Å²) in [6.07, 6.45) is 5.17. The molecule has 0 saturated carbocycles. The molecule has 1 unspecified atom stereocenters. The van der Waals surface area contributed by atoms with Gasteiger partial charge in [0.1, 0.15) is 6.04 Å². The lowest BCUT2D eigenvalue weighted by Gasteiger charge is -2.33. The average molecular weight is 611 g/mol. The maximum absolute atomic E-state index is 13.8. The highest BCUT2D eigenvalue weighted by Crippen LogP contribution is 2.42. The number of rotatable bonds is 6. The highest BCUT2D eigenvalue weighted by Gasteiger charge is 2.30. The van der Waals surface area contributed by atoms with Crippen LogP contribution in [0.15, 0.2) is 131 Å². The van der Waals surface area contributed by atoms with Crippen LogP contribution in [0, 0.1) is 0 Å². The summed E-state index contributed by atoms with van der Waals surface area (Å²) in [7, 11) is 0. The number of amides is 1. The van der Waals surface area contributed by atoms with Gasteiger partial charge in [-0.05, 0) is 96.1 Å². The van der Waals surface area contributed by atoms with Crippen LogP contribution >= 0.6 is 35.0 Å². The standard InChI is InChI=1S/C35H29Cl2N3OS/c36-27-18-14-24(15-19-27)22-26-8-7-13-31-33(25-16-20-28(37)21-17-25)38-35(39-34(26)31)42-23-32(41)40(29-9-3-1-4-10-29)30-11-5-2-6-12-30/h1-6,9-12,14-22,33H,7-8,13,23H2,(H,38,39)/b26-22+. The Morgan fingerprint density at radius 2 is 1.43 bits per heavy atom. The average Bonchev–Trinajstić information content (AvgIpc) is 3.03. The summed E-state index contributed by atoms with van der Waals surface area (Å²) in [5.41, 5.74) is 7.43. The van der Waals surface area contributed by atoms with E-state index in [0.717, 1.165) is 57.7 Å². The highest BCUT2D eigenvalue weighted by molar-refractivity contribution is 8.14. The minimum Gasteiger partial charge on any atom is -0.335 e. The molecule has 1 amide bonds. The number of para-hydroxylation sites is 2. The van der Waals surface area contributed by atoms with Crippen molar-refractivity contribution in [3.63, 3.8) is 0 Å². The molecule has 0 saturated heterocycles. The molecule has 1 heterocycles. The van der Waals surface area contributed by atoms with Crippen LogP contribution in [-0.2, 0) is 4.79 Å². The van der Waals surface area contributed by atoms with E-state index < -0.39 is 0 Å². The molecular formula is C35H29Cl2N3OS. The smallest absolute Gasteiger partial charge is 0.242 e. The predicted molar refractivity (Wildman–Crippen MR) is 178 cm³/mol. The third-order valence-electron chi connectivity index (χ3n) is 7.35. The minimum atomic E-state index is -0.149. The molecule has 0 bridgehead atoms. The molecule has 6 rings (SSSR count). The van der Waals surface area contributed by atoms with Crippen molar-refractivity contribution in [2.45, 2.75) is 25.3 Å². The number of hydrogen-bond acceptors (Lipinski definition) is 4. The van der Waals surface area contributed by atoms with Crippen molar-refractivity contribution < 1.29 is 4.79 Å². The van der Waals surface area contributed by atoms with E-state index in [-0.39, 0.29) is 17.7 Å². The molecule has 2 aliphatic rings. The van der Waals surface area contributed by atoms with Gasteiger partial charge in [-0.15, -0.1) is 0 Å². The van der Waals surface area contributed by atoms with Crippen LogP contribution in [0.25, 0.3) is 6.08 Å². The first-order valence-electron chi connectivity index (χ1n) is 13.9. The van der Waals surface area contributed by atoms with E-state index in [4.69, 9.17) is 28.2 Å². The largest absolute Gasteiger partial charge is 0.335 e. The van der Waals surface area contributed by atoms with Gasteiger partial charge in [-0.2, -0.15) is 0 Å². The van der Waals surface area contributed by atoms with E-state index in [1.54, 1.807) is 4.90 Å².